The first-order chi connectivity index (χ1) is 11.0. The number of rotatable bonds is 5. The number of ether oxygens (including phenoxy) is 1. The maximum Gasteiger partial charge on any atom is 0.244 e. The summed E-state index contributed by atoms with van der Waals surface area (Å²) in [6.07, 6.45) is 6.52. The Morgan fingerprint density at radius 3 is 2.57 bits per heavy atom. The summed E-state index contributed by atoms with van der Waals surface area (Å²) in [5.74, 6) is 0.735. The van der Waals surface area contributed by atoms with E-state index in [4.69, 9.17) is 4.74 Å². The Balaban J connectivity index is 1.64. The third-order valence-electron chi connectivity index (χ3n) is 4.85. The molecule has 1 aromatic heterocycles. The summed E-state index contributed by atoms with van der Waals surface area (Å²) >= 11 is 0. The average Bonchev–Trinajstić information content (AvgIpc) is 3.01. The first kappa shape index (κ1) is 16.7. The minimum atomic E-state index is -3.46. The minimum absolute atomic E-state index is 0.247. The Bertz CT molecular complexity index is 618. The van der Waals surface area contributed by atoms with E-state index in [2.05, 4.69) is 17.2 Å². The summed E-state index contributed by atoms with van der Waals surface area (Å²) in [5.41, 5.74) is 0.334. The lowest BCUT2D eigenvalue weighted by Gasteiger charge is -2.26. The first-order valence-corrected chi connectivity index (χ1v) is 9.72. The van der Waals surface area contributed by atoms with E-state index in [1.165, 1.54) is 36.2 Å². The quantitative estimate of drug-likeness (QED) is 0.889. The second-order valence-corrected chi connectivity index (χ2v) is 8.70. The summed E-state index contributed by atoms with van der Waals surface area (Å²) in [7, 11) is -3.46. The second-order valence-electron chi connectivity index (χ2n) is 6.77. The van der Waals surface area contributed by atoms with Gasteiger partial charge in [-0.15, -0.1) is 0 Å². The topological polar surface area (TPSA) is 71.5 Å². The largest absolute Gasteiger partial charge is 0.379 e. The van der Waals surface area contributed by atoms with E-state index in [9.17, 15) is 8.42 Å². The van der Waals surface area contributed by atoms with Gasteiger partial charge in [0.05, 0.1) is 13.2 Å². The number of aromatic nitrogens is 1. The van der Waals surface area contributed by atoms with E-state index in [1.54, 1.807) is 12.1 Å². The standard InChI is InChI=1S/C16H25N3O3S/c1-16(6-2-3-7-16)13-18-15-5-4-14(12-17-15)23(20,21)19-8-10-22-11-9-19/h4-5,12H,2-3,6-11,13H2,1H3,(H,17,18). The molecule has 6 nitrogen and oxygen atoms in total. The Morgan fingerprint density at radius 1 is 1.26 bits per heavy atom. The van der Waals surface area contributed by atoms with Crippen molar-refractivity contribution in [3.05, 3.63) is 18.3 Å². The van der Waals surface area contributed by atoms with E-state index in [0.29, 0.717) is 31.7 Å². The molecule has 0 bridgehead atoms. The fourth-order valence-electron chi connectivity index (χ4n) is 3.28. The van der Waals surface area contributed by atoms with Crippen LogP contribution in [0.3, 0.4) is 0 Å². The van der Waals surface area contributed by atoms with Crippen LogP contribution >= 0.6 is 0 Å². The predicted molar refractivity (Wildman–Crippen MR) is 88.9 cm³/mol. The van der Waals surface area contributed by atoms with Crippen LogP contribution in [0.1, 0.15) is 32.6 Å². The molecule has 1 aliphatic heterocycles. The van der Waals surface area contributed by atoms with Crippen LogP contribution < -0.4 is 5.32 Å². The van der Waals surface area contributed by atoms with Gasteiger partial charge in [0.15, 0.2) is 0 Å². The molecule has 2 heterocycles. The van der Waals surface area contributed by atoms with Crippen molar-refractivity contribution in [2.75, 3.05) is 38.2 Å². The third-order valence-corrected chi connectivity index (χ3v) is 6.73. The molecule has 1 saturated heterocycles. The van der Waals surface area contributed by atoms with E-state index >= 15 is 0 Å². The molecule has 0 radical (unpaired) electrons. The molecule has 7 heteroatoms. The highest BCUT2D eigenvalue weighted by Gasteiger charge is 2.29. The maximum absolute atomic E-state index is 12.5. The van der Waals surface area contributed by atoms with Gasteiger partial charge in [-0.2, -0.15) is 4.31 Å². The van der Waals surface area contributed by atoms with E-state index in [1.807, 2.05) is 0 Å². The molecule has 0 unspecified atom stereocenters. The Morgan fingerprint density at radius 2 is 1.96 bits per heavy atom. The molecule has 128 valence electrons. The van der Waals surface area contributed by atoms with Gasteiger partial charge in [0.1, 0.15) is 10.7 Å². The molecule has 2 aliphatic rings. The van der Waals surface area contributed by atoms with Gasteiger partial charge in [0.2, 0.25) is 10.0 Å². The highest BCUT2D eigenvalue weighted by atomic mass is 32.2. The molecule has 0 spiro atoms. The van der Waals surface area contributed by atoms with Crippen LogP contribution in [0.4, 0.5) is 5.82 Å². The van der Waals surface area contributed by atoms with E-state index in [-0.39, 0.29) is 4.90 Å². The van der Waals surface area contributed by atoms with Gasteiger partial charge < -0.3 is 10.1 Å². The SMILES string of the molecule is CC1(CNc2ccc(S(=O)(=O)N3CCOCC3)cn2)CCCC1. The molecule has 2 fully saturated rings. The zero-order valence-electron chi connectivity index (χ0n) is 13.6. The predicted octanol–water partition coefficient (Wildman–Crippen LogP) is 2.09. The molecule has 23 heavy (non-hydrogen) atoms. The summed E-state index contributed by atoms with van der Waals surface area (Å²) < 4.78 is 31.7. The molecule has 1 N–H and O–H groups in total. The number of sulfonamides is 1. The normalized spacial score (nSPS) is 22.1. The van der Waals surface area contributed by atoms with Crippen molar-refractivity contribution in [3.63, 3.8) is 0 Å². The number of morpholine rings is 1. The molecule has 3 rings (SSSR count). The van der Waals surface area contributed by atoms with Crippen LogP contribution in [0.15, 0.2) is 23.2 Å². The van der Waals surface area contributed by atoms with Gasteiger partial charge in [0.25, 0.3) is 0 Å². The Labute approximate surface area is 138 Å². The number of hydrogen-bond acceptors (Lipinski definition) is 5. The summed E-state index contributed by atoms with van der Waals surface area (Å²) in [4.78, 5) is 4.53. The van der Waals surface area contributed by atoms with Gasteiger partial charge in [0, 0.05) is 25.8 Å². The lowest BCUT2D eigenvalue weighted by molar-refractivity contribution is 0.0730. The van der Waals surface area contributed by atoms with Crippen LogP contribution in [0, 0.1) is 5.41 Å². The number of nitrogens with zero attached hydrogens (tertiary/aromatic N) is 2. The molecule has 1 saturated carbocycles. The fourth-order valence-corrected chi connectivity index (χ4v) is 4.64. The number of pyridine rings is 1. The molecule has 0 aromatic carbocycles. The van der Waals surface area contributed by atoms with Crippen molar-refractivity contribution in [1.82, 2.24) is 9.29 Å². The van der Waals surface area contributed by atoms with Crippen LogP contribution in [0.25, 0.3) is 0 Å². The highest BCUT2D eigenvalue weighted by molar-refractivity contribution is 7.89. The van der Waals surface area contributed by atoms with Crippen molar-refractivity contribution in [2.45, 2.75) is 37.5 Å². The molecule has 1 aromatic rings. The van der Waals surface area contributed by atoms with Crippen LogP contribution in [0.2, 0.25) is 0 Å². The lowest BCUT2D eigenvalue weighted by atomic mass is 9.89. The summed E-state index contributed by atoms with van der Waals surface area (Å²) in [6, 6.07) is 3.39. The fraction of sp³-hybridized carbons (Fsp3) is 0.688. The Kier molecular flexibility index (Phi) is 4.89. The van der Waals surface area contributed by atoms with Crippen molar-refractivity contribution in [1.29, 1.82) is 0 Å². The van der Waals surface area contributed by atoms with Crippen molar-refractivity contribution in [3.8, 4) is 0 Å². The molecular formula is C16H25N3O3S. The molecule has 0 amide bonds. The monoisotopic (exact) mass is 339 g/mol. The number of nitrogens with one attached hydrogen (secondary N) is 1. The van der Waals surface area contributed by atoms with Crippen LogP contribution in [0.5, 0.6) is 0 Å². The van der Waals surface area contributed by atoms with Crippen LogP contribution in [-0.4, -0.2) is 50.6 Å². The van der Waals surface area contributed by atoms with Crippen molar-refractivity contribution >= 4 is 15.8 Å². The number of hydrogen-bond donors (Lipinski definition) is 1. The zero-order chi connectivity index (χ0) is 16.3. The van der Waals surface area contributed by atoms with Gasteiger partial charge >= 0.3 is 0 Å². The second kappa shape index (κ2) is 6.75. The number of anilines is 1. The average molecular weight is 339 g/mol. The lowest BCUT2D eigenvalue weighted by Crippen LogP contribution is -2.40. The smallest absolute Gasteiger partial charge is 0.244 e. The van der Waals surface area contributed by atoms with Crippen LogP contribution in [-0.2, 0) is 14.8 Å². The molecule has 0 atom stereocenters. The van der Waals surface area contributed by atoms with E-state index in [0.717, 1.165) is 12.4 Å². The zero-order valence-corrected chi connectivity index (χ0v) is 14.4. The van der Waals surface area contributed by atoms with Gasteiger partial charge in [-0.3, -0.25) is 0 Å². The molecular weight excluding hydrogens is 314 g/mol. The minimum Gasteiger partial charge on any atom is -0.379 e. The Hall–Kier alpha value is -1.18. The van der Waals surface area contributed by atoms with Gasteiger partial charge in [-0.25, -0.2) is 13.4 Å². The highest BCUT2D eigenvalue weighted by Crippen LogP contribution is 2.37. The molecule has 1 aliphatic carbocycles. The van der Waals surface area contributed by atoms with Crippen molar-refractivity contribution in [2.24, 2.45) is 5.41 Å². The maximum atomic E-state index is 12.5. The van der Waals surface area contributed by atoms with E-state index < -0.39 is 10.0 Å². The summed E-state index contributed by atoms with van der Waals surface area (Å²) in [6.45, 7) is 4.89. The van der Waals surface area contributed by atoms with Gasteiger partial charge in [-0.1, -0.05) is 19.8 Å². The van der Waals surface area contributed by atoms with Crippen molar-refractivity contribution < 1.29 is 13.2 Å². The third kappa shape index (κ3) is 3.84. The van der Waals surface area contributed by atoms with Gasteiger partial charge in [-0.05, 0) is 30.4 Å². The summed E-state index contributed by atoms with van der Waals surface area (Å²) in [5, 5.41) is 3.35. The first-order valence-electron chi connectivity index (χ1n) is 8.28.